The number of hydrogen-bond donors (Lipinski definition) is 0. The average Bonchev–Trinajstić information content (AvgIpc) is 3.18. The number of nitrogens with zero attached hydrogens (tertiary/aromatic N) is 1. The Morgan fingerprint density at radius 2 is 1.00 bits per heavy atom. The van der Waals surface area contributed by atoms with Gasteiger partial charge in [0.15, 0.2) is 0 Å². The molecule has 0 aromatic carbocycles. The van der Waals surface area contributed by atoms with Gasteiger partial charge in [-0.25, -0.2) is 0 Å². The van der Waals surface area contributed by atoms with Crippen LogP contribution in [0, 0.1) is 0 Å². The first-order valence-electron chi connectivity index (χ1n) is 23.2. The zero-order valence-corrected chi connectivity index (χ0v) is 38.9. The molecule has 0 saturated carbocycles. The summed E-state index contributed by atoms with van der Waals surface area (Å²) in [4.78, 5) is 25.0. The molecular formula is C49H88NO7P. The molecule has 0 bridgehead atoms. The fourth-order valence-corrected chi connectivity index (χ4v) is 6.65. The third-order valence-corrected chi connectivity index (χ3v) is 10.5. The number of carbonyl (C=O) groups is 1. The molecule has 0 rings (SSSR count). The Hall–Kier alpha value is -2.06. The lowest BCUT2D eigenvalue weighted by Gasteiger charge is -2.28. The van der Waals surface area contributed by atoms with Crippen molar-refractivity contribution < 1.29 is 37.3 Å². The van der Waals surface area contributed by atoms with Gasteiger partial charge in [0.25, 0.3) is 7.82 Å². The van der Waals surface area contributed by atoms with E-state index in [0.717, 1.165) is 83.5 Å². The predicted octanol–water partition coefficient (Wildman–Crippen LogP) is 13.3. The zero-order chi connectivity index (χ0) is 42.7. The van der Waals surface area contributed by atoms with E-state index in [0.29, 0.717) is 24.1 Å². The maximum atomic E-state index is 12.7. The molecule has 0 heterocycles. The summed E-state index contributed by atoms with van der Waals surface area (Å²) in [5.41, 5.74) is 0. The minimum Gasteiger partial charge on any atom is -0.756 e. The summed E-state index contributed by atoms with van der Waals surface area (Å²) >= 11 is 0. The van der Waals surface area contributed by atoms with Crippen molar-refractivity contribution in [2.24, 2.45) is 0 Å². The second-order valence-electron chi connectivity index (χ2n) is 16.4. The highest BCUT2D eigenvalue weighted by molar-refractivity contribution is 7.45. The zero-order valence-electron chi connectivity index (χ0n) is 38.0. The first-order valence-corrected chi connectivity index (χ1v) is 24.6. The van der Waals surface area contributed by atoms with Crippen LogP contribution in [0.25, 0.3) is 0 Å². The van der Waals surface area contributed by atoms with Gasteiger partial charge >= 0.3 is 5.97 Å². The Balaban J connectivity index is 4.18. The van der Waals surface area contributed by atoms with Crippen molar-refractivity contribution >= 4 is 13.8 Å². The number of hydrogen-bond acceptors (Lipinski definition) is 7. The summed E-state index contributed by atoms with van der Waals surface area (Å²) in [7, 11) is 1.33. The van der Waals surface area contributed by atoms with Gasteiger partial charge in [0.05, 0.1) is 34.4 Å². The minimum absolute atomic E-state index is 0.0194. The fraction of sp³-hybridized carbons (Fsp3) is 0.735. The van der Waals surface area contributed by atoms with Crippen LogP contribution >= 0.6 is 7.82 Å². The van der Waals surface area contributed by atoms with E-state index in [4.69, 9.17) is 18.5 Å². The molecule has 0 radical (unpaired) electrons. The summed E-state index contributed by atoms with van der Waals surface area (Å²) < 4.78 is 34.6. The molecule has 0 aliphatic heterocycles. The van der Waals surface area contributed by atoms with Crippen LogP contribution in [-0.4, -0.2) is 70.7 Å². The number of likely N-dealkylation sites (N-methyl/N-ethyl adjacent to an activating group) is 1. The highest BCUT2D eigenvalue weighted by Gasteiger charge is 2.20. The fourth-order valence-electron chi connectivity index (χ4n) is 5.92. The number of phosphoric acid groups is 1. The largest absolute Gasteiger partial charge is 0.756 e. The van der Waals surface area contributed by atoms with Gasteiger partial charge in [0.1, 0.15) is 19.3 Å². The Morgan fingerprint density at radius 1 is 0.552 bits per heavy atom. The molecular weight excluding hydrogens is 746 g/mol. The van der Waals surface area contributed by atoms with Crippen LogP contribution in [0.15, 0.2) is 72.9 Å². The molecule has 9 heteroatoms. The summed E-state index contributed by atoms with van der Waals surface area (Å²) in [6.45, 7) is 5.23. The van der Waals surface area contributed by atoms with Gasteiger partial charge in [-0.15, -0.1) is 0 Å². The molecule has 2 atom stereocenters. The third-order valence-electron chi connectivity index (χ3n) is 9.49. The molecule has 0 saturated heterocycles. The molecule has 0 aliphatic rings. The number of rotatable bonds is 42. The maximum absolute atomic E-state index is 12.7. The van der Waals surface area contributed by atoms with Crippen molar-refractivity contribution in [1.82, 2.24) is 0 Å². The second kappa shape index (κ2) is 41.7. The molecule has 0 aromatic heterocycles. The molecule has 2 unspecified atom stereocenters. The molecule has 0 spiro atoms. The van der Waals surface area contributed by atoms with Crippen LogP contribution in [0.5, 0.6) is 0 Å². The van der Waals surface area contributed by atoms with Gasteiger partial charge in [-0.05, 0) is 83.5 Å². The lowest BCUT2D eigenvalue weighted by molar-refractivity contribution is -0.870. The first-order chi connectivity index (χ1) is 28.1. The summed E-state index contributed by atoms with van der Waals surface area (Å²) in [5.74, 6) is -0.350. The van der Waals surface area contributed by atoms with E-state index >= 15 is 0 Å². The van der Waals surface area contributed by atoms with Gasteiger partial charge in [0, 0.05) is 13.0 Å². The van der Waals surface area contributed by atoms with E-state index in [2.05, 4.69) is 86.8 Å². The Bertz CT molecular complexity index is 1150. The molecule has 0 amide bonds. The highest BCUT2D eigenvalue weighted by Crippen LogP contribution is 2.38. The molecule has 0 aliphatic carbocycles. The van der Waals surface area contributed by atoms with Crippen LogP contribution in [0.2, 0.25) is 0 Å². The Morgan fingerprint density at radius 3 is 1.52 bits per heavy atom. The number of unbranched alkanes of at least 4 members (excludes halogenated alkanes) is 16. The molecule has 0 N–H and O–H groups in total. The van der Waals surface area contributed by atoms with E-state index in [-0.39, 0.29) is 25.8 Å². The van der Waals surface area contributed by atoms with Gasteiger partial charge in [0.2, 0.25) is 0 Å². The SMILES string of the molecule is CC/C=C\C/C=C\C/C=C\C/C=C\C/C=C\CCCCCCCCCCOCC(COP(=O)([O-])OCC[N+](C)(C)C)OC(=O)CCCCCCC/C=C\CCCCC. The van der Waals surface area contributed by atoms with E-state index in [1.54, 1.807) is 0 Å². The van der Waals surface area contributed by atoms with E-state index in [1.807, 2.05) is 21.1 Å². The van der Waals surface area contributed by atoms with Crippen molar-refractivity contribution in [3.8, 4) is 0 Å². The number of carbonyl (C=O) groups excluding carboxylic acids is 1. The van der Waals surface area contributed by atoms with Gasteiger partial charge in [-0.1, -0.05) is 157 Å². The normalized spacial score (nSPS) is 14.4. The van der Waals surface area contributed by atoms with Crippen LogP contribution in [0.1, 0.15) is 174 Å². The number of allylic oxidation sites excluding steroid dienone is 12. The number of esters is 1. The third kappa shape index (κ3) is 45.0. The average molecular weight is 834 g/mol. The van der Waals surface area contributed by atoms with Crippen LogP contribution < -0.4 is 4.89 Å². The second-order valence-corrected chi connectivity index (χ2v) is 17.8. The lowest BCUT2D eigenvalue weighted by atomic mass is 10.1. The van der Waals surface area contributed by atoms with E-state index < -0.39 is 13.9 Å². The molecule has 58 heavy (non-hydrogen) atoms. The van der Waals surface area contributed by atoms with Gasteiger partial charge < -0.3 is 27.9 Å². The van der Waals surface area contributed by atoms with Gasteiger partial charge in [-0.2, -0.15) is 0 Å². The molecule has 0 aromatic rings. The molecule has 8 nitrogen and oxygen atoms in total. The number of ether oxygens (including phenoxy) is 2. The van der Waals surface area contributed by atoms with E-state index in [1.165, 1.54) is 70.6 Å². The van der Waals surface area contributed by atoms with Crippen molar-refractivity contribution in [2.45, 2.75) is 180 Å². The summed E-state index contributed by atoms with van der Waals surface area (Å²) in [6.07, 6.45) is 53.5. The number of quaternary nitrogens is 1. The smallest absolute Gasteiger partial charge is 0.306 e. The summed E-state index contributed by atoms with van der Waals surface area (Å²) in [6, 6.07) is 0. The summed E-state index contributed by atoms with van der Waals surface area (Å²) in [5, 5.41) is 0. The quantitative estimate of drug-likeness (QED) is 0.0199. The first kappa shape index (κ1) is 55.9. The standard InChI is InChI=1S/C49H88NO7P/c1-6-8-10-12-14-16-18-20-21-22-23-24-25-26-27-28-29-30-31-33-35-37-39-41-44-54-46-48(47-56-58(52,53)55-45-43-50(3,4)5)57-49(51)42-40-38-36-34-32-19-17-15-13-11-9-7-2/h8,10,14-17,20-21,23-24,26-27,48H,6-7,9,11-13,18-19,22,25,28-47H2,1-5H3/b10-8-,16-14-,17-15-,21-20-,24-23-,27-26-. The van der Waals surface area contributed by atoms with Crippen molar-refractivity contribution in [3.05, 3.63) is 72.9 Å². The molecule has 336 valence electrons. The van der Waals surface area contributed by atoms with Gasteiger partial charge in [-0.3, -0.25) is 9.36 Å². The maximum Gasteiger partial charge on any atom is 0.306 e. The van der Waals surface area contributed by atoms with Crippen LogP contribution in [0.3, 0.4) is 0 Å². The van der Waals surface area contributed by atoms with Crippen molar-refractivity contribution in [2.75, 3.05) is 54.1 Å². The topological polar surface area (TPSA) is 94.1 Å². The van der Waals surface area contributed by atoms with Crippen LogP contribution in [0.4, 0.5) is 0 Å². The monoisotopic (exact) mass is 834 g/mol. The minimum atomic E-state index is -4.53. The predicted molar refractivity (Wildman–Crippen MR) is 245 cm³/mol. The Kier molecular flexibility index (Phi) is 40.2. The number of phosphoric ester groups is 1. The molecule has 0 fully saturated rings. The van der Waals surface area contributed by atoms with Crippen molar-refractivity contribution in [3.63, 3.8) is 0 Å². The highest BCUT2D eigenvalue weighted by atomic mass is 31.2. The van der Waals surface area contributed by atoms with Crippen LogP contribution in [-0.2, 0) is 27.9 Å². The lowest BCUT2D eigenvalue weighted by Crippen LogP contribution is -2.37. The van der Waals surface area contributed by atoms with Crippen molar-refractivity contribution in [1.29, 1.82) is 0 Å². The Labute approximate surface area is 357 Å². The van der Waals surface area contributed by atoms with E-state index in [9.17, 15) is 14.3 Å².